The van der Waals surface area contributed by atoms with Crippen LogP contribution in [0.25, 0.3) is 0 Å². The Balaban J connectivity index is 3.25. The van der Waals surface area contributed by atoms with Crippen molar-refractivity contribution in [3.63, 3.8) is 0 Å². The van der Waals surface area contributed by atoms with Crippen molar-refractivity contribution in [2.24, 2.45) is 5.92 Å². The third kappa shape index (κ3) is 5.44. The summed E-state index contributed by atoms with van der Waals surface area (Å²) in [4.78, 5) is 0. The van der Waals surface area contributed by atoms with Gasteiger partial charge in [0.25, 0.3) is 0 Å². The first kappa shape index (κ1) is 8.57. The van der Waals surface area contributed by atoms with Crippen LogP contribution in [0.5, 0.6) is 0 Å². The highest BCUT2D eigenvalue weighted by Crippen LogP contribution is 2.04. The van der Waals surface area contributed by atoms with Crippen LogP contribution in [-0.2, 0) is 0 Å². The summed E-state index contributed by atoms with van der Waals surface area (Å²) >= 11 is 0. The molecule has 0 heterocycles. The molecule has 0 saturated heterocycles. The van der Waals surface area contributed by atoms with Crippen LogP contribution in [0.2, 0.25) is 0 Å². The number of hydrogen-bond acceptors (Lipinski definition) is 1. The predicted octanol–water partition coefficient (Wildman–Crippen LogP) is 1.60. The molecule has 9 heavy (non-hydrogen) atoms. The summed E-state index contributed by atoms with van der Waals surface area (Å²) in [7, 11) is 0. The van der Waals surface area contributed by atoms with Crippen LogP contribution in [0.4, 0.5) is 0 Å². The molecule has 0 saturated carbocycles. The van der Waals surface area contributed by atoms with E-state index >= 15 is 0 Å². The Kier molecular flexibility index (Phi) is 5.43. The quantitative estimate of drug-likeness (QED) is 0.448. The van der Waals surface area contributed by atoms with Crippen molar-refractivity contribution in [3.8, 4) is 0 Å². The van der Waals surface area contributed by atoms with Gasteiger partial charge in [-0.1, -0.05) is 25.5 Å². The lowest BCUT2D eigenvalue weighted by Gasteiger charge is -1.97. The van der Waals surface area contributed by atoms with Crippen molar-refractivity contribution >= 4 is 0 Å². The Hall–Kier alpha value is -0.430. The van der Waals surface area contributed by atoms with E-state index in [0.717, 1.165) is 6.42 Å². The van der Waals surface area contributed by atoms with Crippen LogP contribution in [0.3, 0.4) is 0 Å². The van der Waals surface area contributed by atoms with Gasteiger partial charge in [0.1, 0.15) is 0 Å². The average molecular weight is 126 g/mol. The molecular formula is C8H14O. The molecule has 0 aliphatic rings. The number of rotatable bonds is 4. The van der Waals surface area contributed by atoms with Crippen LogP contribution in [-0.4, -0.2) is 11.7 Å². The minimum atomic E-state index is 0.140. The topological polar surface area (TPSA) is 20.2 Å². The summed E-state index contributed by atoms with van der Waals surface area (Å²) in [5.74, 6) is 0.509. The van der Waals surface area contributed by atoms with Gasteiger partial charge in [-0.15, -0.1) is 6.92 Å². The van der Waals surface area contributed by atoms with Crippen molar-refractivity contribution in [2.75, 3.05) is 6.61 Å². The van der Waals surface area contributed by atoms with Gasteiger partial charge in [0, 0.05) is 5.92 Å². The third-order valence-electron chi connectivity index (χ3n) is 1.11. The highest BCUT2D eigenvalue weighted by Gasteiger charge is 1.94. The van der Waals surface area contributed by atoms with E-state index in [0.29, 0.717) is 5.92 Å². The van der Waals surface area contributed by atoms with Crippen LogP contribution in [0.15, 0.2) is 12.2 Å². The summed E-state index contributed by atoms with van der Waals surface area (Å²) < 4.78 is 0. The number of hydrogen-bond donors (Lipinski definition) is 1. The molecule has 52 valence electrons. The van der Waals surface area contributed by atoms with Crippen molar-refractivity contribution in [1.29, 1.82) is 0 Å². The standard InChI is InChI=1S/C8H14O/c1-3-5-8(2)6-4-7-9/h3-4,6,8-9H,1,5,7H2,2H3/b6-4-/t8-/m0/s1. The Morgan fingerprint density at radius 2 is 2.44 bits per heavy atom. The number of aliphatic hydroxyl groups excluding tert-OH is 1. The lowest BCUT2D eigenvalue weighted by molar-refractivity contribution is 0.342. The predicted molar refractivity (Wildman–Crippen MR) is 39.7 cm³/mol. The van der Waals surface area contributed by atoms with E-state index in [-0.39, 0.29) is 6.61 Å². The van der Waals surface area contributed by atoms with E-state index in [1.165, 1.54) is 0 Å². The van der Waals surface area contributed by atoms with Crippen molar-refractivity contribution in [1.82, 2.24) is 0 Å². The van der Waals surface area contributed by atoms with Gasteiger partial charge in [-0.05, 0) is 0 Å². The Bertz CT molecular complexity index is 76.6. The molecule has 0 spiro atoms. The Morgan fingerprint density at radius 1 is 1.78 bits per heavy atom. The van der Waals surface area contributed by atoms with Crippen molar-refractivity contribution in [2.45, 2.75) is 13.3 Å². The van der Waals surface area contributed by atoms with E-state index in [4.69, 9.17) is 5.11 Å². The maximum atomic E-state index is 8.37. The molecule has 1 N–H and O–H groups in total. The summed E-state index contributed by atoms with van der Waals surface area (Å²) in [5.41, 5.74) is 0. The van der Waals surface area contributed by atoms with Gasteiger partial charge in [-0.25, -0.2) is 0 Å². The lowest BCUT2D eigenvalue weighted by atomic mass is 10.1. The van der Waals surface area contributed by atoms with Crippen LogP contribution in [0, 0.1) is 19.3 Å². The molecule has 0 radical (unpaired) electrons. The molecular weight excluding hydrogens is 112 g/mol. The van der Waals surface area contributed by atoms with Gasteiger partial charge in [-0.3, -0.25) is 0 Å². The van der Waals surface area contributed by atoms with E-state index < -0.39 is 0 Å². The lowest BCUT2D eigenvalue weighted by Crippen LogP contribution is -1.88. The maximum Gasteiger partial charge on any atom is 0.0629 e. The first-order valence-electron chi connectivity index (χ1n) is 3.19. The molecule has 0 aromatic rings. The second-order valence-corrected chi connectivity index (χ2v) is 2.11. The Morgan fingerprint density at radius 3 is 2.89 bits per heavy atom. The minimum Gasteiger partial charge on any atom is -0.392 e. The molecule has 0 aromatic heterocycles. The third-order valence-corrected chi connectivity index (χ3v) is 1.11. The zero-order valence-electron chi connectivity index (χ0n) is 5.88. The van der Waals surface area contributed by atoms with E-state index in [9.17, 15) is 0 Å². The van der Waals surface area contributed by atoms with Gasteiger partial charge < -0.3 is 5.11 Å². The fourth-order valence-corrected chi connectivity index (χ4v) is 0.635. The highest BCUT2D eigenvalue weighted by atomic mass is 16.2. The van der Waals surface area contributed by atoms with Gasteiger partial charge in [0.2, 0.25) is 0 Å². The second-order valence-electron chi connectivity index (χ2n) is 2.11. The molecule has 1 atom stereocenters. The maximum absolute atomic E-state index is 8.37. The monoisotopic (exact) mass is 126 g/mol. The normalized spacial score (nSPS) is 14.1. The van der Waals surface area contributed by atoms with Gasteiger partial charge in [-0.2, -0.15) is 0 Å². The fraction of sp³-hybridized carbons (Fsp3) is 0.500. The van der Waals surface area contributed by atoms with Gasteiger partial charge >= 0.3 is 0 Å². The fourth-order valence-electron chi connectivity index (χ4n) is 0.635. The van der Waals surface area contributed by atoms with Crippen molar-refractivity contribution < 1.29 is 5.11 Å². The van der Waals surface area contributed by atoms with Crippen LogP contribution < -0.4 is 0 Å². The molecule has 1 heteroatoms. The van der Waals surface area contributed by atoms with E-state index in [1.54, 1.807) is 6.08 Å². The van der Waals surface area contributed by atoms with Gasteiger partial charge in [0.05, 0.1) is 13.0 Å². The van der Waals surface area contributed by atoms with Crippen LogP contribution in [0.1, 0.15) is 13.3 Å². The molecule has 0 aliphatic carbocycles. The van der Waals surface area contributed by atoms with Gasteiger partial charge in [0.15, 0.2) is 0 Å². The summed E-state index contributed by atoms with van der Waals surface area (Å²) in [5, 5.41) is 8.37. The average Bonchev–Trinajstić information content (AvgIpc) is 1.85. The van der Waals surface area contributed by atoms with Crippen LogP contribution >= 0.6 is 0 Å². The zero-order chi connectivity index (χ0) is 7.11. The molecule has 0 bridgehead atoms. The minimum absolute atomic E-state index is 0.140. The zero-order valence-corrected chi connectivity index (χ0v) is 5.88. The summed E-state index contributed by atoms with van der Waals surface area (Å²) in [6, 6.07) is 0. The molecule has 0 unspecified atom stereocenters. The largest absolute Gasteiger partial charge is 0.392 e. The first-order valence-corrected chi connectivity index (χ1v) is 3.19. The molecule has 1 nitrogen and oxygen atoms in total. The van der Waals surface area contributed by atoms with Crippen molar-refractivity contribution in [3.05, 3.63) is 25.5 Å². The van der Waals surface area contributed by atoms with E-state index in [2.05, 4.69) is 13.8 Å². The molecule has 0 aliphatic heterocycles. The number of allylic oxidation sites excluding steroid dienone is 1. The van der Waals surface area contributed by atoms with E-state index in [1.807, 2.05) is 12.5 Å². The molecule has 0 aromatic carbocycles. The first-order chi connectivity index (χ1) is 4.31. The number of aliphatic hydroxyl groups is 1. The molecule has 0 fully saturated rings. The highest BCUT2D eigenvalue weighted by molar-refractivity contribution is 4.88. The summed E-state index contributed by atoms with van der Waals surface area (Å²) in [6.45, 7) is 5.84. The summed E-state index contributed by atoms with van der Waals surface area (Å²) in [6.07, 6.45) is 6.61. The second kappa shape index (κ2) is 5.70. The smallest absolute Gasteiger partial charge is 0.0629 e. The molecule has 0 rings (SSSR count). The Labute approximate surface area is 57.4 Å². The SMILES string of the molecule is [CH2-][CH+]C[C@H](C)/C=C\CO. The molecule has 0 amide bonds.